The topological polar surface area (TPSA) is 77.3 Å². The van der Waals surface area contributed by atoms with Crippen molar-refractivity contribution in [2.45, 2.75) is 11.1 Å². The molecule has 0 aliphatic heterocycles. The van der Waals surface area contributed by atoms with Gasteiger partial charge in [-0.1, -0.05) is 0 Å². The molecular weight excluding hydrogens is 366 g/mol. The Balaban J connectivity index is 3.88. The van der Waals surface area contributed by atoms with Crippen LogP contribution in [0.25, 0.3) is 0 Å². The van der Waals surface area contributed by atoms with Gasteiger partial charge < -0.3 is 0 Å². The first-order chi connectivity index (χ1) is 7.96. The van der Waals surface area contributed by atoms with Crippen LogP contribution >= 0.6 is 26.6 Å². The van der Waals surface area contributed by atoms with Crippen LogP contribution in [0, 0.1) is 10.1 Å². The van der Waals surface area contributed by atoms with Crippen LogP contribution in [-0.2, 0) is 15.2 Å². The summed E-state index contributed by atoms with van der Waals surface area (Å²) in [7, 11) is 0.197. The maximum atomic E-state index is 12.6. The third-order valence-corrected chi connectivity index (χ3v) is 4.10. The molecule has 0 radical (unpaired) electrons. The summed E-state index contributed by atoms with van der Waals surface area (Å²) in [6, 6.07) is 1.12. The molecule has 0 amide bonds. The number of halogens is 5. The van der Waals surface area contributed by atoms with Gasteiger partial charge in [0.25, 0.3) is 9.05 Å². The van der Waals surface area contributed by atoms with Crippen LogP contribution in [0.2, 0.25) is 0 Å². The molecule has 18 heavy (non-hydrogen) atoms. The predicted octanol–water partition coefficient (Wildman–Crippen LogP) is 3.30. The zero-order valence-electron chi connectivity index (χ0n) is 8.03. The average Bonchev–Trinajstić information content (AvgIpc) is 2.12. The van der Waals surface area contributed by atoms with Gasteiger partial charge in [-0.2, -0.15) is 13.2 Å². The van der Waals surface area contributed by atoms with E-state index in [9.17, 15) is 31.7 Å². The van der Waals surface area contributed by atoms with Crippen molar-refractivity contribution in [3.05, 3.63) is 32.3 Å². The van der Waals surface area contributed by atoms with E-state index in [-0.39, 0.29) is 0 Å². The fraction of sp³-hybridized carbons (Fsp3) is 0.143. The molecule has 0 atom stereocenters. The molecule has 1 aromatic carbocycles. The molecule has 0 aromatic heterocycles. The van der Waals surface area contributed by atoms with Crippen LogP contribution in [-0.4, -0.2) is 13.3 Å². The number of hydrogen-bond donors (Lipinski definition) is 0. The fourth-order valence-electron chi connectivity index (χ4n) is 1.19. The van der Waals surface area contributed by atoms with Gasteiger partial charge in [0.1, 0.15) is 5.56 Å². The summed E-state index contributed by atoms with van der Waals surface area (Å²) in [5.74, 6) is 0. The summed E-state index contributed by atoms with van der Waals surface area (Å²) in [4.78, 5) is 7.99. The van der Waals surface area contributed by atoms with Crippen molar-refractivity contribution in [3.63, 3.8) is 0 Å². The second-order valence-electron chi connectivity index (χ2n) is 2.97. The minimum Gasteiger partial charge on any atom is -0.258 e. The van der Waals surface area contributed by atoms with Crippen LogP contribution in [0.5, 0.6) is 0 Å². The third-order valence-electron chi connectivity index (χ3n) is 1.82. The minimum atomic E-state index is -5.07. The smallest absolute Gasteiger partial charge is 0.258 e. The molecular formula is C7H2BrClF3NO4S. The molecule has 0 spiro atoms. The van der Waals surface area contributed by atoms with Crippen LogP contribution in [0.4, 0.5) is 18.9 Å². The average molecular weight is 369 g/mol. The molecule has 1 rings (SSSR count). The lowest BCUT2D eigenvalue weighted by molar-refractivity contribution is -0.391. The number of hydrogen-bond acceptors (Lipinski definition) is 4. The molecule has 0 aliphatic carbocycles. The van der Waals surface area contributed by atoms with Crippen molar-refractivity contribution in [1.82, 2.24) is 0 Å². The van der Waals surface area contributed by atoms with Crippen molar-refractivity contribution < 1.29 is 26.5 Å². The van der Waals surface area contributed by atoms with Crippen molar-refractivity contribution in [3.8, 4) is 0 Å². The van der Waals surface area contributed by atoms with Crippen molar-refractivity contribution in [2.75, 3.05) is 0 Å². The maximum absolute atomic E-state index is 12.6. The highest BCUT2D eigenvalue weighted by atomic mass is 79.9. The zero-order valence-corrected chi connectivity index (χ0v) is 11.2. The molecule has 0 aliphatic rings. The molecule has 0 saturated carbocycles. The lowest BCUT2D eigenvalue weighted by Gasteiger charge is -2.10. The quantitative estimate of drug-likeness (QED) is 0.456. The van der Waals surface area contributed by atoms with E-state index in [0.29, 0.717) is 6.07 Å². The summed E-state index contributed by atoms with van der Waals surface area (Å²) >= 11 is 2.62. The second-order valence-corrected chi connectivity index (χ2v) is 6.32. The molecule has 0 N–H and O–H groups in total. The summed E-state index contributed by atoms with van der Waals surface area (Å²) in [5.41, 5.74) is -3.29. The van der Waals surface area contributed by atoms with E-state index in [2.05, 4.69) is 15.9 Å². The van der Waals surface area contributed by atoms with Crippen LogP contribution in [0.1, 0.15) is 5.56 Å². The van der Waals surface area contributed by atoms with Gasteiger partial charge >= 0.3 is 11.9 Å². The van der Waals surface area contributed by atoms with E-state index in [1.54, 1.807) is 0 Å². The number of rotatable bonds is 2. The SMILES string of the molecule is O=[N+]([O-])c1c(C(F)(F)F)ccc(Br)c1S(=O)(=O)Cl. The Hall–Kier alpha value is -0.870. The summed E-state index contributed by atoms with van der Waals surface area (Å²) in [6.45, 7) is 0. The lowest BCUT2D eigenvalue weighted by Crippen LogP contribution is -2.12. The highest BCUT2D eigenvalue weighted by molar-refractivity contribution is 9.10. The molecule has 0 heterocycles. The predicted molar refractivity (Wildman–Crippen MR) is 58.8 cm³/mol. The van der Waals surface area contributed by atoms with E-state index >= 15 is 0 Å². The van der Waals surface area contributed by atoms with Crippen molar-refractivity contribution >= 4 is 41.4 Å². The summed E-state index contributed by atoms with van der Waals surface area (Å²) in [5, 5.41) is 10.6. The molecule has 1 aromatic rings. The Morgan fingerprint density at radius 3 is 2.17 bits per heavy atom. The molecule has 5 nitrogen and oxygen atoms in total. The summed E-state index contributed by atoms with van der Waals surface area (Å²) < 4.78 is 59.5. The standard InChI is InChI=1S/C7H2BrClF3NO4S/c8-4-2-1-3(7(10,11)12)5(13(14)15)6(4)18(9,16)17/h1-2H. The number of nitrogens with zero attached hydrogens (tertiary/aromatic N) is 1. The summed E-state index contributed by atoms with van der Waals surface area (Å²) in [6.07, 6.45) is -5.07. The van der Waals surface area contributed by atoms with Gasteiger partial charge in [0.2, 0.25) is 0 Å². The zero-order chi connectivity index (χ0) is 14.3. The second kappa shape index (κ2) is 4.67. The Bertz CT molecular complexity index is 616. The van der Waals surface area contributed by atoms with Crippen molar-refractivity contribution in [2.24, 2.45) is 0 Å². The normalized spacial score (nSPS) is 12.5. The van der Waals surface area contributed by atoms with Crippen LogP contribution in [0.3, 0.4) is 0 Å². The molecule has 0 unspecified atom stereocenters. The first-order valence-electron chi connectivity index (χ1n) is 3.95. The minimum absolute atomic E-state index is 0.397. The molecule has 0 bridgehead atoms. The van der Waals surface area contributed by atoms with E-state index in [0.717, 1.165) is 6.07 Å². The highest BCUT2D eigenvalue weighted by Gasteiger charge is 2.43. The molecule has 100 valence electrons. The number of benzene rings is 1. The maximum Gasteiger partial charge on any atom is 0.423 e. The van der Waals surface area contributed by atoms with Crippen LogP contribution < -0.4 is 0 Å². The largest absolute Gasteiger partial charge is 0.423 e. The fourth-order valence-corrected chi connectivity index (χ4v) is 3.61. The monoisotopic (exact) mass is 367 g/mol. The van der Waals surface area contributed by atoms with Gasteiger partial charge in [-0.15, -0.1) is 0 Å². The number of alkyl halides is 3. The van der Waals surface area contributed by atoms with Gasteiger partial charge in [0, 0.05) is 15.2 Å². The van der Waals surface area contributed by atoms with E-state index < -0.39 is 40.8 Å². The van der Waals surface area contributed by atoms with Gasteiger partial charge in [-0.25, -0.2) is 8.42 Å². The van der Waals surface area contributed by atoms with E-state index in [4.69, 9.17) is 10.7 Å². The van der Waals surface area contributed by atoms with Gasteiger partial charge in [0.05, 0.1) is 4.92 Å². The molecule has 0 fully saturated rings. The highest BCUT2D eigenvalue weighted by Crippen LogP contribution is 2.43. The van der Waals surface area contributed by atoms with E-state index in [1.807, 2.05) is 0 Å². The van der Waals surface area contributed by atoms with Crippen LogP contribution in [0.15, 0.2) is 21.5 Å². The van der Waals surface area contributed by atoms with Gasteiger partial charge in [-0.3, -0.25) is 10.1 Å². The Kier molecular flexibility index (Phi) is 3.94. The lowest BCUT2D eigenvalue weighted by atomic mass is 10.2. The molecule has 0 saturated heterocycles. The first kappa shape index (κ1) is 15.2. The first-order valence-corrected chi connectivity index (χ1v) is 7.05. The third kappa shape index (κ3) is 2.93. The van der Waals surface area contributed by atoms with Gasteiger partial charge in [-0.05, 0) is 28.1 Å². The molecule has 11 heteroatoms. The number of nitro groups is 1. The van der Waals surface area contributed by atoms with Gasteiger partial charge in [0.15, 0.2) is 4.90 Å². The Labute approximate surface area is 111 Å². The Morgan fingerprint density at radius 2 is 1.83 bits per heavy atom. The Morgan fingerprint density at radius 1 is 1.33 bits per heavy atom. The number of nitro benzene ring substituents is 1. The van der Waals surface area contributed by atoms with Crippen molar-refractivity contribution in [1.29, 1.82) is 0 Å². The van der Waals surface area contributed by atoms with E-state index in [1.165, 1.54) is 0 Å².